The zero-order chi connectivity index (χ0) is 18.4. The van der Waals surface area contributed by atoms with Crippen molar-refractivity contribution in [1.29, 1.82) is 0 Å². The van der Waals surface area contributed by atoms with Crippen molar-refractivity contribution >= 4 is 21.8 Å². The van der Waals surface area contributed by atoms with Crippen LogP contribution in [0.15, 0.2) is 53.0 Å². The van der Waals surface area contributed by atoms with Crippen LogP contribution in [0.5, 0.6) is 0 Å². The lowest BCUT2D eigenvalue weighted by molar-refractivity contribution is 0.0954. The van der Waals surface area contributed by atoms with Gasteiger partial charge in [0.1, 0.15) is 0 Å². The Hall–Kier alpha value is -1.65. The van der Waals surface area contributed by atoms with E-state index < -0.39 is 0 Å². The van der Waals surface area contributed by atoms with Crippen molar-refractivity contribution in [2.75, 3.05) is 19.6 Å². The lowest BCUT2D eigenvalue weighted by Gasteiger charge is -2.27. The molecule has 1 N–H and O–H groups in total. The summed E-state index contributed by atoms with van der Waals surface area (Å²) in [4.78, 5) is 14.7. The molecule has 0 radical (unpaired) electrons. The molecule has 2 aromatic carbocycles. The Morgan fingerprint density at radius 3 is 2.35 bits per heavy atom. The third kappa shape index (κ3) is 4.95. The predicted molar refractivity (Wildman–Crippen MR) is 110 cm³/mol. The van der Waals surface area contributed by atoms with E-state index in [4.69, 9.17) is 0 Å². The number of benzene rings is 2. The van der Waals surface area contributed by atoms with Crippen molar-refractivity contribution < 1.29 is 4.79 Å². The summed E-state index contributed by atoms with van der Waals surface area (Å²) in [6.45, 7) is 5.37. The van der Waals surface area contributed by atoms with Crippen LogP contribution in [0.1, 0.15) is 53.7 Å². The number of carbonyl (C=O) groups excluding carboxylic acids is 1. The first-order valence-electron chi connectivity index (χ1n) is 9.54. The van der Waals surface area contributed by atoms with Gasteiger partial charge in [0.05, 0.1) is 0 Å². The summed E-state index contributed by atoms with van der Waals surface area (Å²) in [6, 6.07) is 16.9. The van der Waals surface area contributed by atoms with Crippen LogP contribution in [0.4, 0.5) is 0 Å². The molecule has 0 bridgehead atoms. The van der Waals surface area contributed by atoms with Crippen LogP contribution < -0.4 is 5.32 Å². The summed E-state index contributed by atoms with van der Waals surface area (Å²) < 4.78 is 0.980. The first-order chi connectivity index (χ1) is 12.7. The molecule has 0 saturated carbocycles. The van der Waals surface area contributed by atoms with Crippen molar-refractivity contribution in [2.24, 2.45) is 0 Å². The lowest BCUT2D eigenvalue weighted by atomic mass is 10.0. The number of rotatable bonds is 7. The number of amides is 1. The lowest BCUT2D eigenvalue weighted by Crippen LogP contribution is -2.26. The summed E-state index contributed by atoms with van der Waals surface area (Å²) >= 11 is 3.39. The molecule has 2 aromatic rings. The van der Waals surface area contributed by atoms with Crippen LogP contribution in [0.25, 0.3) is 0 Å². The smallest absolute Gasteiger partial charge is 0.251 e. The van der Waals surface area contributed by atoms with E-state index in [1.807, 2.05) is 24.3 Å². The minimum Gasteiger partial charge on any atom is -0.352 e. The predicted octanol–water partition coefficient (Wildman–Crippen LogP) is 4.97. The van der Waals surface area contributed by atoms with Gasteiger partial charge in [0.2, 0.25) is 0 Å². The van der Waals surface area contributed by atoms with Gasteiger partial charge in [-0.25, -0.2) is 0 Å². The Labute approximate surface area is 164 Å². The molecule has 0 aromatic heterocycles. The fraction of sp³-hybridized carbons (Fsp3) is 0.409. The van der Waals surface area contributed by atoms with E-state index in [2.05, 4.69) is 57.3 Å². The molecule has 1 fully saturated rings. The van der Waals surface area contributed by atoms with E-state index >= 15 is 0 Å². The van der Waals surface area contributed by atoms with Crippen molar-refractivity contribution in [2.45, 2.75) is 38.6 Å². The fourth-order valence-corrected chi connectivity index (χ4v) is 3.95. The quantitative estimate of drug-likeness (QED) is 0.693. The van der Waals surface area contributed by atoms with Crippen LogP contribution in [-0.4, -0.2) is 30.4 Å². The standard InChI is InChI=1S/C22H27BrN2O/c1-2-21(25-15-3-4-16-25)18-7-5-17(6-8-18)13-14-24-22(26)19-9-11-20(23)12-10-19/h5-12,21H,2-4,13-16H2,1H3,(H,24,26). The third-order valence-corrected chi connectivity index (χ3v) is 5.67. The minimum absolute atomic E-state index is 0.0193. The van der Waals surface area contributed by atoms with Crippen molar-refractivity contribution in [3.63, 3.8) is 0 Å². The number of hydrogen-bond donors (Lipinski definition) is 1. The molecule has 1 aliphatic heterocycles. The van der Waals surface area contributed by atoms with E-state index in [0.717, 1.165) is 17.3 Å². The van der Waals surface area contributed by atoms with Gasteiger partial charge in [0.15, 0.2) is 0 Å². The molecule has 1 aliphatic rings. The summed E-state index contributed by atoms with van der Waals surface area (Å²) in [5, 5.41) is 3.00. The number of hydrogen-bond acceptors (Lipinski definition) is 2. The van der Waals surface area contributed by atoms with Gasteiger partial charge in [-0.1, -0.05) is 47.1 Å². The van der Waals surface area contributed by atoms with Crippen LogP contribution in [0, 0.1) is 0 Å². The average Bonchev–Trinajstić information content (AvgIpc) is 3.18. The van der Waals surface area contributed by atoms with Gasteiger partial charge in [-0.05, 0) is 74.2 Å². The molecule has 0 aliphatic carbocycles. The van der Waals surface area contributed by atoms with Gasteiger partial charge in [-0.3, -0.25) is 9.69 Å². The van der Waals surface area contributed by atoms with Gasteiger partial charge in [-0.2, -0.15) is 0 Å². The Kier molecular flexibility index (Phi) is 6.86. The highest BCUT2D eigenvalue weighted by atomic mass is 79.9. The van der Waals surface area contributed by atoms with Crippen molar-refractivity contribution in [1.82, 2.24) is 10.2 Å². The van der Waals surface area contributed by atoms with Gasteiger partial charge in [0, 0.05) is 22.6 Å². The molecule has 1 heterocycles. The molecule has 1 amide bonds. The molecule has 3 nitrogen and oxygen atoms in total. The van der Waals surface area contributed by atoms with Gasteiger partial charge in [-0.15, -0.1) is 0 Å². The minimum atomic E-state index is -0.0193. The number of nitrogens with zero attached hydrogens (tertiary/aromatic N) is 1. The Morgan fingerprint density at radius 1 is 1.08 bits per heavy atom. The Bertz CT molecular complexity index is 706. The van der Waals surface area contributed by atoms with E-state index in [-0.39, 0.29) is 5.91 Å². The fourth-order valence-electron chi connectivity index (χ4n) is 3.69. The number of carbonyl (C=O) groups is 1. The normalized spacial score (nSPS) is 15.8. The summed E-state index contributed by atoms with van der Waals surface area (Å²) in [7, 11) is 0. The highest BCUT2D eigenvalue weighted by molar-refractivity contribution is 9.10. The summed E-state index contributed by atoms with van der Waals surface area (Å²) in [5.41, 5.74) is 3.37. The highest BCUT2D eigenvalue weighted by Crippen LogP contribution is 2.28. The zero-order valence-corrected chi connectivity index (χ0v) is 17.0. The SMILES string of the molecule is CCC(c1ccc(CCNC(=O)c2ccc(Br)cc2)cc1)N1CCCC1. The number of nitrogens with one attached hydrogen (secondary N) is 1. The molecule has 1 saturated heterocycles. The van der Waals surface area contributed by atoms with Crippen LogP contribution in [0.3, 0.4) is 0 Å². The van der Waals surface area contributed by atoms with Crippen LogP contribution in [0.2, 0.25) is 0 Å². The maximum Gasteiger partial charge on any atom is 0.251 e. The average molecular weight is 415 g/mol. The second kappa shape index (κ2) is 9.33. The third-order valence-electron chi connectivity index (χ3n) is 5.14. The molecule has 138 valence electrons. The summed E-state index contributed by atoms with van der Waals surface area (Å²) in [6.07, 6.45) is 4.66. The Morgan fingerprint density at radius 2 is 1.73 bits per heavy atom. The topological polar surface area (TPSA) is 32.3 Å². The highest BCUT2D eigenvalue weighted by Gasteiger charge is 2.21. The van der Waals surface area contributed by atoms with Gasteiger partial charge >= 0.3 is 0 Å². The zero-order valence-electron chi connectivity index (χ0n) is 15.4. The molecule has 1 unspecified atom stereocenters. The molecule has 1 atom stereocenters. The first kappa shape index (κ1) is 19.1. The van der Waals surface area contributed by atoms with E-state index in [1.54, 1.807) is 0 Å². The second-order valence-corrected chi connectivity index (χ2v) is 7.84. The van der Waals surface area contributed by atoms with Crippen LogP contribution in [-0.2, 0) is 6.42 Å². The largest absolute Gasteiger partial charge is 0.352 e. The van der Waals surface area contributed by atoms with Crippen molar-refractivity contribution in [3.8, 4) is 0 Å². The summed E-state index contributed by atoms with van der Waals surface area (Å²) in [5.74, 6) is -0.0193. The number of likely N-dealkylation sites (tertiary alicyclic amines) is 1. The monoisotopic (exact) mass is 414 g/mol. The molecule has 4 heteroatoms. The molecule has 3 rings (SSSR count). The second-order valence-electron chi connectivity index (χ2n) is 6.92. The number of halogens is 1. The molecular weight excluding hydrogens is 388 g/mol. The molecule has 0 spiro atoms. The maximum atomic E-state index is 12.1. The van der Waals surface area contributed by atoms with E-state index in [0.29, 0.717) is 18.2 Å². The molecule has 26 heavy (non-hydrogen) atoms. The van der Waals surface area contributed by atoms with Gasteiger partial charge < -0.3 is 5.32 Å². The van der Waals surface area contributed by atoms with Gasteiger partial charge in [0.25, 0.3) is 5.91 Å². The van der Waals surface area contributed by atoms with E-state index in [1.165, 1.54) is 37.1 Å². The Balaban J connectivity index is 1.51. The van der Waals surface area contributed by atoms with E-state index in [9.17, 15) is 4.79 Å². The molecular formula is C22H27BrN2O. The van der Waals surface area contributed by atoms with Crippen molar-refractivity contribution in [3.05, 3.63) is 69.7 Å². The van der Waals surface area contributed by atoms with Crippen LogP contribution >= 0.6 is 15.9 Å². The first-order valence-corrected chi connectivity index (χ1v) is 10.3. The maximum absolute atomic E-state index is 12.1.